The number of benzene rings is 1. The van der Waals surface area contributed by atoms with Gasteiger partial charge in [-0.2, -0.15) is 0 Å². The van der Waals surface area contributed by atoms with Gasteiger partial charge in [-0.1, -0.05) is 49.2 Å². The summed E-state index contributed by atoms with van der Waals surface area (Å²) < 4.78 is 0. The summed E-state index contributed by atoms with van der Waals surface area (Å²) in [5.74, 6) is 0.752. The Morgan fingerprint density at radius 3 is 2.48 bits per heavy atom. The maximum atomic E-state index is 6.32. The Labute approximate surface area is 138 Å². The average Bonchev–Trinajstić information content (AvgIpc) is 3.26. The largest absolute Gasteiger partial charge is 0.324 e. The van der Waals surface area contributed by atoms with Gasteiger partial charge in [-0.15, -0.1) is 0 Å². The van der Waals surface area contributed by atoms with Gasteiger partial charge < -0.3 is 10.6 Å². The Morgan fingerprint density at radius 2 is 1.86 bits per heavy atom. The molecule has 1 aromatic rings. The Balaban J connectivity index is 1.89. The van der Waals surface area contributed by atoms with E-state index in [9.17, 15) is 0 Å². The molecule has 2 N–H and O–H groups in total. The standard InChI is InChI=1S/C17H26Cl2N2/c1-12(2)8-10-21(13-6-7-13)11-9-16(20)14-4-3-5-15(18)17(14)19/h3-5,12-13,16H,6-11,20H2,1-2H3. The molecule has 118 valence electrons. The first-order valence-electron chi connectivity index (χ1n) is 7.92. The number of hydrogen-bond acceptors (Lipinski definition) is 2. The van der Waals surface area contributed by atoms with Gasteiger partial charge in [0, 0.05) is 18.6 Å². The first-order valence-corrected chi connectivity index (χ1v) is 8.68. The van der Waals surface area contributed by atoms with Crippen molar-refractivity contribution in [1.82, 2.24) is 4.90 Å². The first-order chi connectivity index (χ1) is 9.99. The molecule has 0 aromatic heterocycles. The molecular weight excluding hydrogens is 303 g/mol. The molecule has 2 rings (SSSR count). The van der Waals surface area contributed by atoms with Gasteiger partial charge in [-0.3, -0.25) is 0 Å². The second kappa shape index (κ2) is 7.82. The van der Waals surface area contributed by atoms with Crippen LogP contribution < -0.4 is 5.73 Å². The molecule has 0 bridgehead atoms. The summed E-state index contributed by atoms with van der Waals surface area (Å²) in [4.78, 5) is 2.60. The normalized spacial score (nSPS) is 16.7. The lowest BCUT2D eigenvalue weighted by atomic mass is 10.0. The van der Waals surface area contributed by atoms with Gasteiger partial charge in [-0.25, -0.2) is 0 Å². The van der Waals surface area contributed by atoms with E-state index >= 15 is 0 Å². The minimum absolute atomic E-state index is 0.0449. The fourth-order valence-corrected chi connectivity index (χ4v) is 3.06. The molecular formula is C17H26Cl2N2. The molecule has 0 amide bonds. The molecule has 2 nitrogen and oxygen atoms in total. The molecule has 0 spiro atoms. The monoisotopic (exact) mass is 328 g/mol. The van der Waals surface area contributed by atoms with E-state index in [-0.39, 0.29) is 6.04 Å². The molecule has 1 aliphatic carbocycles. The summed E-state index contributed by atoms with van der Waals surface area (Å²) in [5, 5.41) is 1.19. The fourth-order valence-electron chi connectivity index (χ4n) is 2.61. The molecule has 1 fully saturated rings. The quantitative estimate of drug-likeness (QED) is 0.735. The second-order valence-corrected chi connectivity index (χ2v) is 7.27. The predicted molar refractivity (Wildman–Crippen MR) is 92.1 cm³/mol. The van der Waals surface area contributed by atoms with Gasteiger partial charge in [0.05, 0.1) is 10.0 Å². The Hall–Kier alpha value is -0.280. The molecule has 21 heavy (non-hydrogen) atoms. The SMILES string of the molecule is CC(C)CCN(CCC(N)c1cccc(Cl)c1Cl)C1CC1. The van der Waals surface area contributed by atoms with E-state index in [2.05, 4.69) is 18.7 Å². The van der Waals surface area contributed by atoms with Gasteiger partial charge in [0.25, 0.3) is 0 Å². The van der Waals surface area contributed by atoms with Crippen molar-refractivity contribution < 1.29 is 0 Å². The first kappa shape index (κ1) is 17.1. The van der Waals surface area contributed by atoms with Crippen molar-refractivity contribution in [3.05, 3.63) is 33.8 Å². The maximum Gasteiger partial charge on any atom is 0.0640 e. The highest BCUT2D eigenvalue weighted by molar-refractivity contribution is 6.42. The van der Waals surface area contributed by atoms with E-state index in [1.807, 2.05) is 12.1 Å². The smallest absolute Gasteiger partial charge is 0.0640 e. The highest BCUT2D eigenvalue weighted by Gasteiger charge is 2.28. The minimum atomic E-state index is -0.0449. The van der Waals surface area contributed by atoms with Crippen LogP contribution in [0.3, 0.4) is 0 Å². The van der Waals surface area contributed by atoms with Gasteiger partial charge in [0.15, 0.2) is 0 Å². The zero-order valence-corrected chi connectivity index (χ0v) is 14.5. The molecule has 0 heterocycles. The lowest BCUT2D eigenvalue weighted by Gasteiger charge is -2.25. The summed E-state index contributed by atoms with van der Waals surface area (Å²) in [5.41, 5.74) is 7.28. The lowest BCUT2D eigenvalue weighted by Crippen LogP contribution is -2.31. The highest BCUT2D eigenvalue weighted by Crippen LogP contribution is 2.32. The van der Waals surface area contributed by atoms with Gasteiger partial charge in [0.1, 0.15) is 0 Å². The molecule has 1 atom stereocenters. The molecule has 1 aromatic carbocycles. The minimum Gasteiger partial charge on any atom is -0.324 e. The van der Waals surface area contributed by atoms with E-state index < -0.39 is 0 Å². The number of nitrogens with zero attached hydrogens (tertiary/aromatic N) is 1. The van der Waals surface area contributed by atoms with Crippen LogP contribution in [0.1, 0.15) is 51.1 Å². The van der Waals surface area contributed by atoms with Crippen LogP contribution in [0.15, 0.2) is 18.2 Å². The molecule has 4 heteroatoms. The fraction of sp³-hybridized carbons (Fsp3) is 0.647. The molecule has 1 aliphatic rings. The number of hydrogen-bond donors (Lipinski definition) is 1. The predicted octanol–water partition coefficient (Wildman–Crippen LogP) is 4.89. The third-order valence-corrected chi connectivity index (χ3v) is 5.00. The Morgan fingerprint density at radius 1 is 1.19 bits per heavy atom. The zero-order valence-electron chi connectivity index (χ0n) is 13.0. The lowest BCUT2D eigenvalue weighted by molar-refractivity contribution is 0.239. The van der Waals surface area contributed by atoms with Crippen molar-refractivity contribution in [2.45, 2.75) is 51.6 Å². The van der Waals surface area contributed by atoms with Crippen LogP contribution in [0.25, 0.3) is 0 Å². The van der Waals surface area contributed by atoms with Crippen LogP contribution in [0.4, 0.5) is 0 Å². The van der Waals surface area contributed by atoms with E-state index in [1.54, 1.807) is 6.07 Å². The molecule has 0 radical (unpaired) electrons. The van der Waals surface area contributed by atoms with Crippen LogP contribution >= 0.6 is 23.2 Å². The van der Waals surface area contributed by atoms with Crippen molar-refractivity contribution in [2.75, 3.05) is 13.1 Å². The highest BCUT2D eigenvalue weighted by atomic mass is 35.5. The molecule has 0 aliphatic heterocycles. The van der Waals surface area contributed by atoms with Crippen LogP contribution in [0.2, 0.25) is 10.0 Å². The van der Waals surface area contributed by atoms with Crippen molar-refractivity contribution in [3.63, 3.8) is 0 Å². The van der Waals surface area contributed by atoms with E-state index in [4.69, 9.17) is 28.9 Å². The van der Waals surface area contributed by atoms with E-state index in [1.165, 1.54) is 25.8 Å². The molecule has 0 saturated heterocycles. The zero-order chi connectivity index (χ0) is 15.4. The summed E-state index contributed by atoms with van der Waals surface area (Å²) in [6, 6.07) is 6.44. The number of rotatable bonds is 8. The topological polar surface area (TPSA) is 29.3 Å². The van der Waals surface area contributed by atoms with Crippen LogP contribution in [-0.4, -0.2) is 24.0 Å². The number of halogens is 2. The van der Waals surface area contributed by atoms with Gasteiger partial charge in [0.2, 0.25) is 0 Å². The van der Waals surface area contributed by atoms with Crippen molar-refractivity contribution >= 4 is 23.2 Å². The van der Waals surface area contributed by atoms with E-state index in [0.29, 0.717) is 10.0 Å². The Kier molecular flexibility index (Phi) is 6.36. The second-order valence-electron chi connectivity index (χ2n) is 6.49. The van der Waals surface area contributed by atoms with Crippen LogP contribution in [0.5, 0.6) is 0 Å². The third kappa shape index (κ3) is 5.14. The van der Waals surface area contributed by atoms with Crippen molar-refractivity contribution in [2.24, 2.45) is 11.7 Å². The van der Waals surface area contributed by atoms with E-state index in [0.717, 1.165) is 30.5 Å². The third-order valence-electron chi connectivity index (χ3n) is 4.17. The van der Waals surface area contributed by atoms with Gasteiger partial charge in [-0.05, 0) is 49.8 Å². The summed E-state index contributed by atoms with van der Waals surface area (Å²) in [6.07, 6.45) is 4.86. The Bertz CT molecular complexity index is 458. The van der Waals surface area contributed by atoms with Gasteiger partial charge >= 0.3 is 0 Å². The summed E-state index contributed by atoms with van der Waals surface area (Å²) >= 11 is 12.3. The van der Waals surface area contributed by atoms with Crippen LogP contribution in [-0.2, 0) is 0 Å². The summed E-state index contributed by atoms with van der Waals surface area (Å²) in [6.45, 7) is 6.78. The summed E-state index contributed by atoms with van der Waals surface area (Å²) in [7, 11) is 0. The molecule has 1 unspecified atom stereocenters. The van der Waals surface area contributed by atoms with Crippen molar-refractivity contribution in [3.8, 4) is 0 Å². The van der Waals surface area contributed by atoms with Crippen molar-refractivity contribution in [1.29, 1.82) is 0 Å². The molecule has 1 saturated carbocycles. The average molecular weight is 329 g/mol. The maximum absolute atomic E-state index is 6.32. The number of nitrogens with two attached hydrogens (primary N) is 1. The van der Waals surface area contributed by atoms with Crippen LogP contribution in [0, 0.1) is 5.92 Å².